The van der Waals surface area contributed by atoms with E-state index in [0.717, 1.165) is 17.2 Å². The summed E-state index contributed by atoms with van der Waals surface area (Å²) in [5.41, 5.74) is 0. The van der Waals surface area contributed by atoms with Gasteiger partial charge >= 0.3 is 0 Å². The van der Waals surface area contributed by atoms with Gasteiger partial charge in [0.05, 0.1) is 18.0 Å². The van der Waals surface area contributed by atoms with Gasteiger partial charge in [-0.05, 0) is 19.1 Å². The van der Waals surface area contributed by atoms with Gasteiger partial charge in [0.25, 0.3) is 0 Å². The second kappa shape index (κ2) is 7.65. The van der Waals surface area contributed by atoms with Crippen molar-refractivity contribution in [3.63, 3.8) is 0 Å². The van der Waals surface area contributed by atoms with Crippen molar-refractivity contribution in [3.8, 4) is 5.75 Å². The minimum absolute atomic E-state index is 0.0159. The van der Waals surface area contributed by atoms with Crippen LogP contribution in [0.4, 0.5) is 0 Å². The molecule has 0 spiro atoms. The van der Waals surface area contributed by atoms with Gasteiger partial charge in [0, 0.05) is 24.0 Å². The minimum atomic E-state index is 0.0159. The summed E-state index contributed by atoms with van der Waals surface area (Å²) >= 11 is 1.67. The van der Waals surface area contributed by atoms with E-state index in [0.29, 0.717) is 19.6 Å². The van der Waals surface area contributed by atoms with Gasteiger partial charge in [-0.3, -0.25) is 4.79 Å². The van der Waals surface area contributed by atoms with E-state index in [2.05, 4.69) is 10.3 Å². The first-order valence-electron chi connectivity index (χ1n) is 6.60. The van der Waals surface area contributed by atoms with Gasteiger partial charge in [-0.1, -0.05) is 18.2 Å². The third kappa shape index (κ3) is 5.01. The summed E-state index contributed by atoms with van der Waals surface area (Å²) in [4.78, 5) is 17.0. The Labute approximate surface area is 122 Å². The smallest absolute Gasteiger partial charge is 0.223 e. The van der Waals surface area contributed by atoms with Crippen molar-refractivity contribution in [3.05, 3.63) is 46.4 Å². The number of thiazole rings is 1. The van der Waals surface area contributed by atoms with Gasteiger partial charge < -0.3 is 10.1 Å². The van der Waals surface area contributed by atoms with Crippen LogP contribution in [0.2, 0.25) is 0 Å². The van der Waals surface area contributed by atoms with E-state index >= 15 is 0 Å². The first-order chi connectivity index (χ1) is 9.74. The summed E-state index contributed by atoms with van der Waals surface area (Å²) in [6.45, 7) is 3.02. The molecular formula is C15H18N2O2S. The number of nitrogens with one attached hydrogen (secondary N) is 1. The molecule has 0 saturated carbocycles. The van der Waals surface area contributed by atoms with Gasteiger partial charge in [-0.15, -0.1) is 11.3 Å². The standard InChI is InChI=1S/C15H18N2O2S/c1-12-17-11-14(20-12)7-9-16-15(18)8-10-19-13-5-3-2-4-6-13/h2-6,11H,7-10H2,1H3,(H,16,18). The summed E-state index contributed by atoms with van der Waals surface area (Å²) in [7, 11) is 0. The molecule has 2 rings (SSSR count). The Bertz CT molecular complexity index is 540. The van der Waals surface area contributed by atoms with Gasteiger partial charge in [0.2, 0.25) is 5.91 Å². The van der Waals surface area contributed by atoms with Crippen molar-refractivity contribution >= 4 is 17.2 Å². The lowest BCUT2D eigenvalue weighted by molar-refractivity contribution is -0.121. The number of nitrogens with zero attached hydrogens (tertiary/aromatic N) is 1. The number of benzene rings is 1. The molecule has 1 amide bonds. The minimum Gasteiger partial charge on any atom is -0.493 e. The molecule has 1 aromatic heterocycles. The molecule has 0 aliphatic carbocycles. The molecule has 0 saturated heterocycles. The molecule has 5 heteroatoms. The number of carbonyl (C=O) groups is 1. The van der Waals surface area contributed by atoms with Crippen molar-refractivity contribution in [2.24, 2.45) is 0 Å². The Morgan fingerprint density at radius 2 is 2.15 bits per heavy atom. The molecule has 0 aliphatic heterocycles. The maximum Gasteiger partial charge on any atom is 0.223 e. The number of rotatable bonds is 7. The molecule has 0 radical (unpaired) electrons. The highest BCUT2D eigenvalue weighted by Gasteiger charge is 2.03. The highest BCUT2D eigenvalue weighted by atomic mass is 32.1. The number of hydrogen-bond acceptors (Lipinski definition) is 4. The quantitative estimate of drug-likeness (QED) is 0.852. The number of aryl methyl sites for hydroxylation is 1. The molecule has 0 bridgehead atoms. The fraction of sp³-hybridized carbons (Fsp3) is 0.333. The molecule has 0 aliphatic rings. The van der Waals surface area contributed by atoms with Gasteiger partial charge in [0.1, 0.15) is 5.75 Å². The van der Waals surface area contributed by atoms with Crippen LogP contribution in [0.3, 0.4) is 0 Å². The van der Waals surface area contributed by atoms with Crippen LogP contribution in [0, 0.1) is 6.92 Å². The van der Waals surface area contributed by atoms with Crippen LogP contribution in [-0.2, 0) is 11.2 Å². The zero-order valence-electron chi connectivity index (χ0n) is 11.5. The Morgan fingerprint density at radius 3 is 2.85 bits per heavy atom. The van der Waals surface area contributed by atoms with Crippen molar-refractivity contribution < 1.29 is 9.53 Å². The summed E-state index contributed by atoms with van der Waals surface area (Å²) < 4.78 is 5.48. The second-order valence-corrected chi connectivity index (χ2v) is 5.68. The average Bonchev–Trinajstić information content (AvgIpc) is 2.86. The van der Waals surface area contributed by atoms with E-state index in [4.69, 9.17) is 4.74 Å². The Hall–Kier alpha value is -1.88. The van der Waals surface area contributed by atoms with Crippen molar-refractivity contribution in [1.82, 2.24) is 10.3 Å². The van der Waals surface area contributed by atoms with Gasteiger partial charge in [-0.25, -0.2) is 4.98 Å². The predicted molar refractivity (Wildman–Crippen MR) is 80.1 cm³/mol. The molecule has 0 unspecified atom stereocenters. The third-order valence-electron chi connectivity index (χ3n) is 2.70. The topological polar surface area (TPSA) is 51.2 Å². The number of hydrogen-bond donors (Lipinski definition) is 1. The Kier molecular flexibility index (Phi) is 5.55. The molecule has 106 valence electrons. The molecule has 20 heavy (non-hydrogen) atoms. The largest absolute Gasteiger partial charge is 0.493 e. The lowest BCUT2D eigenvalue weighted by Gasteiger charge is -2.06. The van der Waals surface area contributed by atoms with Crippen LogP contribution in [0.15, 0.2) is 36.5 Å². The molecule has 1 N–H and O–H groups in total. The van der Waals surface area contributed by atoms with Crippen molar-refractivity contribution in [1.29, 1.82) is 0 Å². The normalized spacial score (nSPS) is 10.2. The maximum atomic E-state index is 11.6. The van der Waals surface area contributed by atoms with Crippen molar-refractivity contribution in [2.45, 2.75) is 19.8 Å². The molecule has 0 fully saturated rings. The summed E-state index contributed by atoms with van der Waals surface area (Å²) in [5, 5.41) is 3.94. The number of amides is 1. The number of carbonyl (C=O) groups excluding carboxylic acids is 1. The summed E-state index contributed by atoms with van der Waals surface area (Å²) in [6, 6.07) is 9.51. The predicted octanol–water partition coefficient (Wildman–Crippen LogP) is 2.58. The lowest BCUT2D eigenvalue weighted by Crippen LogP contribution is -2.26. The highest BCUT2D eigenvalue weighted by molar-refractivity contribution is 7.11. The Morgan fingerprint density at radius 1 is 1.35 bits per heavy atom. The first-order valence-corrected chi connectivity index (χ1v) is 7.41. The van der Waals surface area contributed by atoms with E-state index in [9.17, 15) is 4.79 Å². The zero-order chi connectivity index (χ0) is 14.2. The summed E-state index contributed by atoms with van der Waals surface area (Å²) in [6.07, 6.45) is 3.07. The molecular weight excluding hydrogens is 272 g/mol. The molecule has 4 nitrogen and oxygen atoms in total. The fourth-order valence-corrected chi connectivity index (χ4v) is 2.51. The Balaban J connectivity index is 1.59. The van der Waals surface area contributed by atoms with Crippen LogP contribution in [0.25, 0.3) is 0 Å². The monoisotopic (exact) mass is 290 g/mol. The third-order valence-corrected chi connectivity index (χ3v) is 3.68. The average molecular weight is 290 g/mol. The van der Waals surface area contributed by atoms with E-state index < -0.39 is 0 Å². The first kappa shape index (κ1) is 14.5. The molecule has 1 heterocycles. The second-order valence-electron chi connectivity index (χ2n) is 4.36. The van der Waals surface area contributed by atoms with Crippen molar-refractivity contribution in [2.75, 3.05) is 13.2 Å². The molecule has 1 aromatic carbocycles. The van der Waals surface area contributed by atoms with Crippen LogP contribution >= 0.6 is 11.3 Å². The van der Waals surface area contributed by atoms with Crippen LogP contribution in [0.1, 0.15) is 16.3 Å². The number of aromatic nitrogens is 1. The lowest BCUT2D eigenvalue weighted by atomic mass is 10.3. The maximum absolute atomic E-state index is 11.6. The highest BCUT2D eigenvalue weighted by Crippen LogP contribution is 2.11. The van der Waals surface area contributed by atoms with Crippen LogP contribution in [-0.4, -0.2) is 24.0 Å². The molecule has 2 aromatic rings. The summed E-state index contributed by atoms with van der Waals surface area (Å²) in [5.74, 6) is 0.808. The SMILES string of the molecule is Cc1ncc(CCNC(=O)CCOc2ccccc2)s1. The van der Waals surface area contributed by atoms with Gasteiger partial charge in [-0.2, -0.15) is 0 Å². The number of para-hydroxylation sites is 1. The van der Waals surface area contributed by atoms with Crippen LogP contribution in [0.5, 0.6) is 5.75 Å². The van der Waals surface area contributed by atoms with Gasteiger partial charge in [0.15, 0.2) is 0 Å². The fourth-order valence-electron chi connectivity index (χ4n) is 1.71. The number of ether oxygens (including phenoxy) is 1. The van der Waals surface area contributed by atoms with E-state index in [1.807, 2.05) is 43.5 Å². The van der Waals surface area contributed by atoms with E-state index in [1.54, 1.807) is 11.3 Å². The van der Waals surface area contributed by atoms with E-state index in [-0.39, 0.29) is 5.91 Å². The van der Waals surface area contributed by atoms with E-state index in [1.165, 1.54) is 4.88 Å². The molecule has 0 atom stereocenters. The van der Waals surface area contributed by atoms with Crippen LogP contribution < -0.4 is 10.1 Å². The zero-order valence-corrected chi connectivity index (χ0v) is 12.3.